The minimum Gasteiger partial charge on any atom is -0.456 e. The van der Waals surface area contributed by atoms with E-state index >= 15 is 0 Å². The Hall–Kier alpha value is -2.37. The van der Waals surface area contributed by atoms with Crippen LogP contribution in [0.4, 0.5) is 5.69 Å². The van der Waals surface area contributed by atoms with Gasteiger partial charge < -0.3 is 10.1 Å². The number of Topliss-reactive ketones (excluding diaryl/α,β-unsaturated/α-hetero) is 1. The summed E-state index contributed by atoms with van der Waals surface area (Å²) in [7, 11) is 0. The molecule has 5 nitrogen and oxygen atoms in total. The van der Waals surface area contributed by atoms with Gasteiger partial charge in [-0.2, -0.15) is 0 Å². The normalized spacial score (nSPS) is 10.3. The van der Waals surface area contributed by atoms with Gasteiger partial charge in [0.05, 0.1) is 6.42 Å². The van der Waals surface area contributed by atoms with Crippen molar-refractivity contribution in [3.05, 3.63) is 63.6 Å². The lowest BCUT2D eigenvalue weighted by Crippen LogP contribution is -2.21. The fourth-order valence-corrected chi connectivity index (χ4v) is 2.52. The zero-order valence-electron chi connectivity index (χ0n) is 14.1. The Morgan fingerprint density at radius 3 is 2.27 bits per heavy atom. The van der Waals surface area contributed by atoms with Crippen LogP contribution in [0.1, 0.15) is 28.8 Å². The topological polar surface area (TPSA) is 72.5 Å². The molecule has 2 aromatic rings. The zero-order chi connectivity index (χ0) is 19.1. The fourth-order valence-electron chi connectivity index (χ4n) is 2.17. The summed E-state index contributed by atoms with van der Waals surface area (Å²) in [6, 6.07) is 11.4. The molecule has 0 unspecified atom stereocenters. The first-order valence-electron chi connectivity index (χ1n) is 7.85. The molecule has 0 aliphatic heterocycles. The predicted octanol–water partition coefficient (Wildman–Crippen LogP) is 4.45. The average molecular weight is 394 g/mol. The summed E-state index contributed by atoms with van der Waals surface area (Å²) in [5, 5.41) is 3.73. The van der Waals surface area contributed by atoms with Gasteiger partial charge in [-0.1, -0.05) is 23.2 Å². The highest BCUT2D eigenvalue weighted by atomic mass is 35.5. The van der Waals surface area contributed by atoms with Crippen molar-refractivity contribution in [2.24, 2.45) is 0 Å². The molecular weight excluding hydrogens is 377 g/mol. The zero-order valence-corrected chi connectivity index (χ0v) is 15.6. The second kappa shape index (κ2) is 9.36. The SMILES string of the molecule is Cc1cc(Cl)ccc1NC(=O)COC(=O)CCC(=O)c1ccc(Cl)cc1. The Labute approximate surface area is 161 Å². The van der Waals surface area contributed by atoms with Gasteiger partial charge in [-0.05, 0) is 55.0 Å². The van der Waals surface area contributed by atoms with Gasteiger partial charge in [0.25, 0.3) is 5.91 Å². The van der Waals surface area contributed by atoms with Gasteiger partial charge in [0.1, 0.15) is 0 Å². The summed E-state index contributed by atoms with van der Waals surface area (Å²) in [6.07, 6.45) is -0.104. The number of ketones is 1. The standard InChI is InChI=1S/C19H17Cl2NO4/c1-12-10-15(21)6-7-16(12)22-18(24)11-26-19(25)9-8-17(23)13-2-4-14(20)5-3-13/h2-7,10H,8-9,11H2,1H3,(H,22,24). The number of amides is 1. The van der Waals surface area contributed by atoms with Crippen LogP contribution in [-0.4, -0.2) is 24.3 Å². The van der Waals surface area contributed by atoms with E-state index in [9.17, 15) is 14.4 Å². The molecule has 0 spiro atoms. The lowest BCUT2D eigenvalue weighted by Gasteiger charge is -2.09. The molecule has 0 atom stereocenters. The number of carbonyl (C=O) groups excluding carboxylic acids is 3. The van der Waals surface area contributed by atoms with Crippen LogP contribution in [0.2, 0.25) is 10.0 Å². The number of hydrogen-bond donors (Lipinski definition) is 1. The number of aryl methyl sites for hydroxylation is 1. The van der Waals surface area contributed by atoms with Crippen LogP contribution in [0.5, 0.6) is 0 Å². The first kappa shape index (κ1) is 19.9. The van der Waals surface area contributed by atoms with Crippen molar-refractivity contribution in [2.45, 2.75) is 19.8 Å². The first-order valence-corrected chi connectivity index (χ1v) is 8.61. The van der Waals surface area contributed by atoms with Crippen LogP contribution in [0.15, 0.2) is 42.5 Å². The second-order valence-corrected chi connectivity index (χ2v) is 6.47. The quantitative estimate of drug-likeness (QED) is 0.557. The molecule has 0 radical (unpaired) electrons. The highest BCUT2D eigenvalue weighted by molar-refractivity contribution is 6.31. The summed E-state index contributed by atoms with van der Waals surface area (Å²) in [4.78, 5) is 35.5. The van der Waals surface area contributed by atoms with Gasteiger partial charge >= 0.3 is 5.97 Å². The van der Waals surface area contributed by atoms with Crippen LogP contribution in [0.3, 0.4) is 0 Å². The maximum Gasteiger partial charge on any atom is 0.306 e. The van der Waals surface area contributed by atoms with Crippen molar-refractivity contribution in [2.75, 3.05) is 11.9 Å². The van der Waals surface area contributed by atoms with E-state index in [4.69, 9.17) is 27.9 Å². The molecule has 0 bridgehead atoms. The van der Waals surface area contributed by atoms with Crippen LogP contribution in [0.25, 0.3) is 0 Å². The first-order chi connectivity index (χ1) is 12.3. The molecule has 0 aromatic heterocycles. The molecule has 136 valence electrons. The van der Waals surface area contributed by atoms with Crippen molar-refractivity contribution in [3.63, 3.8) is 0 Å². The molecule has 1 N–H and O–H groups in total. The maximum absolute atomic E-state index is 12.0. The molecule has 0 aliphatic rings. The van der Waals surface area contributed by atoms with Crippen molar-refractivity contribution in [3.8, 4) is 0 Å². The van der Waals surface area contributed by atoms with Crippen molar-refractivity contribution in [1.29, 1.82) is 0 Å². The van der Waals surface area contributed by atoms with Gasteiger partial charge in [-0.25, -0.2) is 0 Å². The Morgan fingerprint density at radius 1 is 0.962 bits per heavy atom. The summed E-state index contributed by atoms with van der Waals surface area (Å²) in [5.74, 6) is -1.28. The average Bonchev–Trinajstić information content (AvgIpc) is 2.61. The molecule has 0 aliphatic carbocycles. The molecule has 2 rings (SSSR count). The number of anilines is 1. The number of ether oxygens (including phenoxy) is 1. The highest BCUT2D eigenvalue weighted by Gasteiger charge is 2.12. The molecule has 0 saturated carbocycles. The van der Waals surface area contributed by atoms with Gasteiger partial charge in [-0.3, -0.25) is 14.4 Å². The molecule has 7 heteroatoms. The summed E-state index contributed by atoms with van der Waals surface area (Å²) < 4.78 is 4.89. The van der Waals surface area contributed by atoms with Crippen molar-refractivity contribution < 1.29 is 19.1 Å². The van der Waals surface area contributed by atoms with E-state index in [1.165, 1.54) is 0 Å². The molecular formula is C19H17Cl2NO4. The largest absolute Gasteiger partial charge is 0.456 e. The van der Waals surface area contributed by atoms with E-state index in [2.05, 4.69) is 5.32 Å². The van der Waals surface area contributed by atoms with Gasteiger partial charge in [0.2, 0.25) is 0 Å². The molecule has 1 amide bonds. The predicted molar refractivity (Wildman–Crippen MR) is 101 cm³/mol. The lowest BCUT2D eigenvalue weighted by molar-refractivity contribution is -0.147. The summed E-state index contributed by atoms with van der Waals surface area (Å²) in [5.41, 5.74) is 1.86. The van der Waals surface area contributed by atoms with Gasteiger partial charge in [0.15, 0.2) is 12.4 Å². The maximum atomic E-state index is 12.0. The van der Waals surface area contributed by atoms with Crippen LogP contribution in [-0.2, 0) is 14.3 Å². The Kier molecular flexibility index (Phi) is 7.18. The molecule has 0 fully saturated rings. The Balaban J connectivity index is 1.74. The number of hydrogen-bond acceptors (Lipinski definition) is 4. The second-order valence-electron chi connectivity index (χ2n) is 5.60. The van der Waals surface area contributed by atoms with E-state index in [-0.39, 0.29) is 18.6 Å². The fraction of sp³-hybridized carbons (Fsp3) is 0.211. The van der Waals surface area contributed by atoms with E-state index in [0.717, 1.165) is 5.56 Å². The van der Waals surface area contributed by atoms with Crippen LogP contribution in [0, 0.1) is 6.92 Å². The van der Waals surface area contributed by atoms with E-state index in [1.807, 2.05) is 0 Å². The third kappa shape index (κ3) is 6.17. The number of rotatable bonds is 7. The van der Waals surface area contributed by atoms with Crippen molar-refractivity contribution in [1.82, 2.24) is 0 Å². The van der Waals surface area contributed by atoms with E-state index in [1.54, 1.807) is 49.4 Å². The minimum atomic E-state index is -0.615. The smallest absolute Gasteiger partial charge is 0.306 e. The third-order valence-corrected chi connectivity index (χ3v) is 4.04. The molecule has 26 heavy (non-hydrogen) atoms. The lowest BCUT2D eigenvalue weighted by atomic mass is 10.1. The summed E-state index contributed by atoms with van der Waals surface area (Å²) >= 11 is 11.6. The number of nitrogens with one attached hydrogen (secondary N) is 1. The Bertz CT molecular complexity index is 819. The molecule has 2 aromatic carbocycles. The van der Waals surface area contributed by atoms with E-state index < -0.39 is 18.5 Å². The highest BCUT2D eigenvalue weighted by Crippen LogP contribution is 2.19. The molecule has 0 saturated heterocycles. The Morgan fingerprint density at radius 2 is 1.62 bits per heavy atom. The monoisotopic (exact) mass is 393 g/mol. The van der Waals surface area contributed by atoms with E-state index in [0.29, 0.717) is 21.3 Å². The van der Waals surface area contributed by atoms with Gasteiger partial charge in [0, 0.05) is 27.7 Å². The van der Waals surface area contributed by atoms with Crippen molar-refractivity contribution >= 4 is 46.5 Å². The number of esters is 1. The van der Waals surface area contributed by atoms with Crippen LogP contribution < -0.4 is 5.32 Å². The summed E-state index contributed by atoms with van der Waals surface area (Å²) in [6.45, 7) is 1.38. The number of halogens is 2. The minimum absolute atomic E-state index is 0.00161. The van der Waals surface area contributed by atoms with Gasteiger partial charge in [-0.15, -0.1) is 0 Å². The number of benzene rings is 2. The third-order valence-electron chi connectivity index (χ3n) is 3.55. The molecule has 0 heterocycles. The van der Waals surface area contributed by atoms with Crippen LogP contribution >= 0.6 is 23.2 Å². The number of carbonyl (C=O) groups is 3.